The van der Waals surface area contributed by atoms with Crippen LogP contribution in [0, 0.1) is 11.8 Å². The van der Waals surface area contributed by atoms with Gasteiger partial charge in [0.25, 0.3) is 5.91 Å². The van der Waals surface area contributed by atoms with Crippen molar-refractivity contribution in [2.24, 2.45) is 0 Å². The molecular weight excluding hydrogens is 445 g/mol. The lowest BCUT2D eigenvalue weighted by atomic mass is 10.0. The molecule has 0 aliphatic carbocycles. The highest BCUT2D eigenvalue weighted by molar-refractivity contribution is 6.04. The van der Waals surface area contributed by atoms with Crippen molar-refractivity contribution in [3.05, 3.63) is 83.1 Å². The number of pyridine rings is 1. The Balaban J connectivity index is 1.51. The second-order valence-corrected chi connectivity index (χ2v) is 7.66. The Morgan fingerprint density at radius 1 is 1.06 bits per heavy atom. The van der Waals surface area contributed by atoms with Gasteiger partial charge in [-0.1, -0.05) is 17.9 Å². The number of amides is 1. The highest BCUT2D eigenvalue weighted by atomic mass is 19.4. The van der Waals surface area contributed by atoms with Crippen molar-refractivity contribution < 1.29 is 18.0 Å². The SMILES string of the molecule is O=C(Nc1cc(C#Cc2cncnc2)ccn1)c1ccc(CN2CCNCC2)c(C(F)(F)F)c1. The van der Waals surface area contributed by atoms with E-state index in [1.165, 1.54) is 30.7 Å². The summed E-state index contributed by atoms with van der Waals surface area (Å²) in [6, 6.07) is 6.86. The standard InChI is InChI=1S/C24H21F3N6O/c25-24(26,27)21-12-19(3-4-20(21)15-33-9-7-28-8-10-33)23(34)32-22-11-17(5-6-31-22)1-2-18-13-29-16-30-14-18/h3-6,11-14,16,28H,7-10,15H2,(H,31,32,34). The van der Waals surface area contributed by atoms with Crippen LogP contribution in [0.15, 0.2) is 55.2 Å². The molecule has 0 spiro atoms. The molecule has 174 valence electrons. The predicted molar refractivity (Wildman–Crippen MR) is 120 cm³/mol. The minimum Gasteiger partial charge on any atom is -0.314 e. The zero-order chi connectivity index (χ0) is 24.0. The number of piperazine rings is 1. The fraction of sp³-hybridized carbons (Fsp3) is 0.250. The van der Waals surface area contributed by atoms with Crippen molar-refractivity contribution >= 4 is 11.7 Å². The van der Waals surface area contributed by atoms with Crippen LogP contribution in [0.25, 0.3) is 0 Å². The van der Waals surface area contributed by atoms with Crippen molar-refractivity contribution in [2.45, 2.75) is 12.7 Å². The molecule has 1 aliphatic rings. The molecule has 3 aromatic rings. The van der Waals surface area contributed by atoms with E-state index in [-0.39, 0.29) is 23.5 Å². The molecule has 2 N–H and O–H groups in total. The molecule has 7 nitrogen and oxygen atoms in total. The van der Waals surface area contributed by atoms with Crippen molar-refractivity contribution in [3.8, 4) is 11.8 Å². The maximum atomic E-state index is 13.8. The number of aromatic nitrogens is 3. The molecular formula is C24H21F3N6O. The van der Waals surface area contributed by atoms with E-state index in [9.17, 15) is 18.0 Å². The van der Waals surface area contributed by atoms with Crippen molar-refractivity contribution in [3.63, 3.8) is 0 Å². The smallest absolute Gasteiger partial charge is 0.314 e. The van der Waals surface area contributed by atoms with Crippen LogP contribution in [0.2, 0.25) is 0 Å². The first-order valence-electron chi connectivity index (χ1n) is 10.6. The van der Waals surface area contributed by atoms with Gasteiger partial charge in [0.2, 0.25) is 0 Å². The monoisotopic (exact) mass is 466 g/mol. The molecule has 1 saturated heterocycles. The van der Waals surface area contributed by atoms with Gasteiger partial charge >= 0.3 is 6.18 Å². The second kappa shape index (κ2) is 10.4. The Hall–Kier alpha value is -3.81. The van der Waals surface area contributed by atoms with Crippen LogP contribution >= 0.6 is 0 Å². The summed E-state index contributed by atoms with van der Waals surface area (Å²) in [7, 11) is 0. The number of anilines is 1. The van der Waals surface area contributed by atoms with E-state index in [1.807, 2.05) is 4.90 Å². The van der Waals surface area contributed by atoms with Crippen molar-refractivity contribution in [1.29, 1.82) is 0 Å². The summed E-state index contributed by atoms with van der Waals surface area (Å²) in [5, 5.41) is 5.72. The Morgan fingerprint density at radius 2 is 1.79 bits per heavy atom. The minimum atomic E-state index is -4.57. The molecule has 0 atom stereocenters. The number of rotatable bonds is 4. The van der Waals surface area contributed by atoms with Crippen LogP contribution < -0.4 is 10.6 Å². The first-order valence-corrected chi connectivity index (χ1v) is 10.6. The van der Waals surface area contributed by atoms with Gasteiger partial charge in [-0.2, -0.15) is 13.2 Å². The number of alkyl halides is 3. The van der Waals surface area contributed by atoms with Gasteiger partial charge in [0, 0.05) is 62.4 Å². The van der Waals surface area contributed by atoms with E-state index in [0.717, 1.165) is 19.2 Å². The summed E-state index contributed by atoms with van der Waals surface area (Å²) < 4.78 is 41.3. The lowest BCUT2D eigenvalue weighted by Gasteiger charge is -2.28. The summed E-state index contributed by atoms with van der Waals surface area (Å²) in [6.45, 7) is 2.98. The van der Waals surface area contributed by atoms with Crippen molar-refractivity contribution in [2.75, 3.05) is 31.5 Å². The zero-order valence-corrected chi connectivity index (χ0v) is 18.1. The van der Waals surface area contributed by atoms with Crippen LogP contribution in [-0.4, -0.2) is 51.9 Å². The Labute approximate surface area is 194 Å². The highest BCUT2D eigenvalue weighted by Crippen LogP contribution is 2.33. The van der Waals surface area contributed by atoms with Gasteiger partial charge in [-0.15, -0.1) is 0 Å². The molecule has 4 rings (SSSR count). The Morgan fingerprint density at radius 3 is 2.53 bits per heavy atom. The number of hydrogen-bond donors (Lipinski definition) is 2. The Bertz CT molecular complexity index is 1210. The van der Waals surface area contributed by atoms with Gasteiger partial charge in [0.1, 0.15) is 12.1 Å². The number of carbonyl (C=O) groups excluding carboxylic acids is 1. The Kier molecular flexibility index (Phi) is 7.15. The quantitative estimate of drug-likeness (QED) is 0.576. The van der Waals surface area contributed by atoms with Gasteiger partial charge in [0.15, 0.2) is 0 Å². The van der Waals surface area contributed by atoms with E-state index in [1.54, 1.807) is 18.5 Å². The summed E-state index contributed by atoms with van der Waals surface area (Å²) in [5.74, 6) is 5.29. The molecule has 1 aromatic carbocycles. The molecule has 3 heterocycles. The maximum Gasteiger partial charge on any atom is 0.416 e. The topological polar surface area (TPSA) is 83.0 Å². The molecule has 1 amide bonds. The molecule has 0 unspecified atom stereocenters. The highest BCUT2D eigenvalue weighted by Gasteiger charge is 2.34. The summed E-state index contributed by atoms with van der Waals surface area (Å²) in [5.41, 5.74) is 0.417. The molecule has 0 saturated carbocycles. The average Bonchev–Trinajstić information content (AvgIpc) is 2.84. The number of carbonyl (C=O) groups is 1. The first-order chi connectivity index (χ1) is 16.4. The minimum absolute atomic E-state index is 0.101. The molecule has 1 aliphatic heterocycles. The van der Waals surface area contributed by atoms with Crippen LogP contribution in [0.5, 0.6) is 0 Å². The largest absolute Gasteiger partial charge is 0.416 e. The fourth-order valence-corrected chi connectivity index (χ4v) is 3.50. The average molecular weight is 466 g/mol. The lowest BCUT2D eigenvalue weighted by molar-refractivity contribution is -0.138. The lowest BCUT2D eigenvalue weighted by Crippen LogP contribution is -2.43. The first kappa shape index (κ1) is 23.4. The van der Waals surface area contributed by atoms with Crippen LogP contribution in [-0.2, 0) is 12.7 Å². The zero-order valence-electron chi connectivity index (χ0n) is 18.1. The van der Waals surface area contributed by atoms with Crippen LogP contribution in [0.1, 0.15) is 32.6 Å². The molecule has 0 bridgehead atoms. The summed E-state index contributed by atoms with van der Waals surface area (Å²) in [4.78, 5) is 26.5. The number of hydrogen-bond acceptors (Lipinski definition) is 6. The van der Waals surface area contributed by atoms with E-state index >= 15 is 0 Å². The summed E-state index contributed by atoms with van der Waals surface area (Å²) in [6.07, 6.45) is 1.41. The number of nitrogens with zero attached hydrogens (tertiary/aromatic N) is 4. The summed E-state index contributed by atoms with van der Waals surface area (Å²) >= 11 is 0. The van der Waals surface area contributed by atoms with E-state index < -0.39 is 17.6 Å². The molecule has 2 aromatic heterocycles. The third kappa shape index (κ3) is 6.15. The van der Waals surface area contributed by atoms with Gasteiger partial charge < -0.3 is 10.6 Å². The molecule has 10 heteroatoms. The second-order valence-electron chi connectivity index (χ2n) is 7.66. The van der Waals surface area contributed by atoms with E-state index in [0.29, 0.717) is 24.2 Å². The molecule has 34 heavy (non-hydrogen) atoms. The number of halogens is 3. The predicted octanol–water partition coefficient (Wildman–Crippen LogP) is 2.95. The van der Waals surface area contributed by atoms with Gasteiger partial charge in [-0.25, -0.2) is 15.0 Å². The van der Waals surface area contributed by atoms with Gasteiger partial charge in [-0.05, 0) is 29.8 Å². The third-order valence-electron chi connectivity index (χ3n) is 5.19. The van der Waals surface area contributed by atoms with Crippen LogP contribution in [0.4, 0.5) is 19.0 Å². The molecule has 0 radical (unpaired) electrons. The number of nitrogens with one attached hydrogen (secondary N) is 2. The third-order valence-corrected chi connectivity index (χ3v) is 5.19. The van der Waals surface area contributed by atoms with Crippen LogP contribution in [0.3, 0.4) is 0 Å². The van der Waals surface area contributed by atoms with E-state index in [2.05, 4.69) is 37.4 Å². The fourth-order valence-electron chi connectivity index (χ4n) is 3.50. The maximum absolute atomic E-state index is 13.8. The molecule has 1 fully saturated rings. The van der Waals surface area contributed by atoms with Gasteiger partial charge in [0.05, 0.1) is 11.1 Å². The van der Waals surface area contributed by atoms with E-state index in [4.69, 9.17) is 0 Å². The van der Waals surface area contributed by atoms with Crippen molar-refractivity contribution in [1.82, 2.24) is 25.2 Å². The number of benzene rings is 1. The van der Waals surface area contributed by atoms with Gasteiger partial charge in [-0.3, -0.25) is 9.69 Å². The normalized spacial score (nSPS) is 14.2.